The van der Waals surface area contributed by atoms with Gasteiger partial charge < -0.3 is 20.5 Å². The lowest BCUT2D eigenvalue weighted by Crippen LogP contribution is -2.48. The Kier molecular flexibility index (Phi) is 5.83. The summed E-state index contributed by atoms with van der Waals surface area (Å²) in [5, 5.41) is 14.2. The number of carbonyl (C=O) groups excluding carboxylic acids is 1. The third-order valence-electron chi connectivity index (χ3n) is 2.48. The summed E-state index contributed by atoms with van der Waals surface area (Å²) < 4.78 is 4.99. The predicted molar refractivity (Wildman–Crippen MR) is 81.5 cm³/mol. The zero-order valence-electron chi connectivity index (χ0n) is 11.8. The molecule has 6 nitrogen and oxygen atoms in total. The smallest absolute Gasteiger partial charge is 0.335 e. The van der Waals surface area contributed by atoms with Crippen LogP contribution in [0.1, 0.15) is 24.2 Å². The molecule has 0 atom stereocenters. The van der Waals surface area contributed by atoms with Crippen molar-refractivity contribution in [1.29, 1.82) is 0 Å². The number of carbonyl (C=O) groups is 2. The lowest BCUT2D eigenvalue weighted by molar-refractivity contribution is 0.0697. The number of amides is 2. The monoisotopic (exact) mass is 334 g/mol. The molecule has 116 valence electrons. The first-order valence-corrected chi connectivity index (χ1v) is 6.72. The molecule has 0 spiro atoms. The zero-order chi connectivity index (χ0) is 16.2. The van der Waals surface area contributed by atoms with Crippen LogP contribution in [0, 0.1) is 0 Å². The van der Waals surface area contributed by atoms with Gasteiger partial charge in [0.15, 0.2) is 0 Å². The summed E-state index contributed by atoms with van der Waals surface area (Å²) in [7, 11) is 1.53. The summed E-state index contributed by atoms with van der Waals surface area (Å²) in [6.07, 6.45) is 0. The van der Waals surface area contributed by atoms with Crippen molar-refractivity contribution in [1.82, 2.24) is 5.32 Å². The van der Waals surface area contributed by atoms with Crippen molar-refractivity contribution in [3.63, 3.8) is 0 Å². The minimum atomic E-state index is -1.16. The Morgan fingerprint density at radius 3 is 2.24 bits per heavy atom. The maximum absolute atomic E-state index is 11.9. The van der Waals surface area contributed by atoms with E-state index >= 15 is 0 Å². The fourth-order valence-corrected chi connectivity index (χ4v) is 2.25. The van der Waals surface area contributed by atoms with Crippen molar-refractivity contribution in [2.45, 2.75) is 19.4 Å². The Morgan fingerprint density at radius 2 is 1.81 bits per heavy atom. The Labute approximate surface area is 132 Å². The van der Waals surface area contributed by atoms with Gasteiger partial charge in [-0.3, -0.25) is 0 Å². The van der Waals surface area contributed by atoms with Gasteiger partial charge in [-0.2, -0.15) is 0 Å². The van der Waals surface area contributed by atoms with Crippen molar-refractivity contribution in [3.8, 4) is 0 Å². The maximum atomic E-state index is 11.9. The van der Waals surface area contributed by atoms with Gasteiger partial charge in [-0.1, -0.05) is 23.2 Å². The molecular weight excluding hydrogens is 319 g/mol. The van der Waals surface area contributed by atoms with Crippen LogP contribution >= 0.6 is 23.2 Å². The highest BCUT2D eigenvalue weighted by atomic mass is 35.5. The van der Waals surface area contributed by atoms with Gasteiger partial charge in [0.1, 0.15) is 0 Å². The minimum Gasteiger partial charge on any atom is -0.478 e. The van der Waals surface area contributed by atoms with E-state index in [4.69, 9.17) is 33.0 Å². The number of rotatable bonds is 5. The zero-order valence-corrected chi connectivity index (χ0v) is 13.3. The Balaban J connectivity index is 2.89. The summed E-state index contributed by atoms with van der Waals surface area (Å²) in [6, 6.07) is 1.90. The molecule has 1 rings (SSSR count). The van der Waals surface area contributed by atoms with E-state index in [1.54, 1.807) is 13.8 Å². The summed E-state index contributed by atoms with van der Waals surface area (Å²) in [5.41, 5.74) is -0.497. The van der Waals surface area contributed by atoms with Gasteiger partial charge in [0.2, 0.25) is 0 Å². The summed E-state index contributed by atoms with van der Waals surface area (Å²) >= 11 is 11.9. The van der Waals surface area contributed by atoms with Crippen molar-refractivity contribution in [3.05, 3.63) is 27.7 Å². The minimum absolute atomic E-state index is 0.0413. The van der Waals surface area contributed by atoms with Gasteiger partial charge >= 0.3 is 12.0 Å². The normalized spacial score (nSPS) is 11.1. The van der Waals surface area contributed by atoms with E-state index in [0.29, 0.717) is 6.61 Å². The van der Waals surface area contributed by atoms with Gasteiger partial charge in [-0.05, 0) is 26.0 Å². The van der Waals surface area contributed by atoms with Crippen LogP contribution < -0.4 is 10.6 Å². The van der Waals surface area contributed by atoms with Crippen LogP contribution in [0.3, 0.4) is 0 Å². The number of nitrogens with one attached hydrogen (secondary N) is 2. The topological polar surface area (TPSA) is 87.7 Å². The number of benzene rings is 1. The van der Waals surface area contributed by atoms with Crippen LogP contribution in [-0.2, 0) is 4.74 Å². The van der Waals surface area contributed by atoms with Gasteiger partial charge in [-0.25, -0.2) is 9.59 Å². The standard InChI is InChI=1S/C13H16Cl2N2O4/c1-13(2,6-21-3)17-12(20)16-10-8(14)4-7(11(18)19)5-9(10)15/h4-5H,6H2,1-3H3,(H,18,19)(H2,16,17,20). The third-order valence-corrected chi connectivity index (χ3v) is 3.08. The molecule has 0 aliphatic rings. The van der Waals surface area contributed by atoms with E-state index in [-0.39, 0.29) is 21.3 Å². The number of anilines is 1. The molecule has 21 heavy (non-hydrogen) atoms. The molecule has 0 saturated heterocycles. The van der Waals surface area contributed by atoms with Crippen molar-refractivity contribution < 1.29 is 19.4 Å². The molecule has 0 radical (unpaired) electrons. The van der Waals surface area contributed by atoms with E-state index in [9.17, 15) is 9.59 Å². The Hall–Kier alpha value is -1.50. The van der Waals surface area contributed by atoms with Gasteiger partial charge in [0, 0.05) is 7.11 Å². The van der Waals surface area contributed by atoms with Crippen LogP contribution in [0.25, 0.3) is 0 Å². The number of carboxylic acid groups (broad SMARTS) is 1. The maximum Gasteiger partial charge on any atom is 0.335 e. The molecule has 8 heteroatoms. The Morgan fingerprint density at radius 1 is 1.29 bits per heavy atom. The average molecular weight is 335 g/mol. The van der Waals surface area contributed by atoms with E-state index in [0.717, 1.165) is 0 Å². The summed E-state index contributed by atoms with van der Waals surface area (Å²) in [5.74, 6) is -1.16. The first-order chi connectivity index (χ1) is 9.66. The van der Waals surface area contributed by atoms with Gasteiger partial charge in [0.25, 0.3) is 0 Å². The number of hydrogen-bond acceptors (Lipinski definition) is 3. The largest absolute Gasteiger partial charge is 0.478 e. The highest BCUT2D eigenvalue weighted by Crippen LogP contribution is 2.31. The second-order valence-corrected chi connectivity index (χ2v) is 5.83. The molecule has 0 unspecified atom stereocenters. The van der Waals surface area contributed by atoms with E-state index in [1.807, 2.05) is 0 Å². The SMILES string of the molecule is COCC(C)(C)NC(=O)Nc1c(Cl)cc(C(=O)O)cc1Cl. The predicted octanol–water partition coefficient (Wildman–Crippen LogP) is 3.24. The molecule has 0 aromatic heterocycles. The molecule has 2 amide bonds. The van der Waals surface area contributed by atoms with E-state index in [1.165, 1.54) is 19.2 Å². The van der Waals surface area contributed by atoms with E-state index in [2.05, 4.69) is 10.6 Å². The molecule has 1 aromatic carbocycles. The molecule has 0 bridgehead atoms. The molecular formula is C13H16Cl2N2O4. The lowest BCUT2D eigenvalue weighted by Gasteiger charge is -2.25. The van der Waals surface area contributed by atoms with Crippen molar-refractivity contribution in [2.75, 3.05) is 19.0 Å². The van der Waals surface area contributed by atoms with Crippen LogP contribution in [0.5, 0.6) is 0 Å². The number of halogens is 2. The summed E-state index contributed by atoms with van der Waals surface area (Å²) in [4.78, 5) is 22.8. The van der Waals surface area contributed by atoms with Crippen LogP contribution in [0.4, 0.5) is 10.5 Å². The molecule has 0 aliphatic heterocycles. The fraction of sp³-hybridized carbons (Fsp3) is 0.385. The van der Waals surface area contributed by atoms with Crippen LogP contribution in [-0.4, -0.2) is 36.4 Å². The second-order valence-electron chi connectivity index (χ2n) is 5.02. The fourth-order valence-electron chi connectivity index (χ4n) is 1.67. The lowest BCUT2D eigenvalue weighted by atomic mass is 10.1. The highest BCUT2D eigenvalue weighted by Gasteiger charge is 2.21. The number of ether oxygens (including phenoxy) is 1. The van der Waals surface area contributed by atoms with Crippen LogP contribution in [0.15, 0.2) is 12.1 Å². The number of aromatic carboxylic acids is 1. The highest BCUT2D eigenvalue weighted by molar-refractivity contribution is 6.40. The molecule has 0 aliphatic carbocycles. The molecule has 3 N–H and O–H groups in total. The molecule has 1 aromatic rings. The average Bonchev–Trinajstić information content (AvgIpc) is 2.32. The van der Waals surface area contributed by atoms with Crippen molar-refractivity contribution in [2.24, 2.45) is 0 Å². The van der Waals surface area contributed by atoms with Crippen LogP contribution in [0.2, 0.25) is 10.0 Å². The number of hydrogen-bond donors (Lipinski definition) is 3. The first kappa shape index (κ1) is 17.6. The molecule has 0 saturated carbocycles. The van der Waals surface area contributed by atoms with Crippen molar-refractivity contribution >= 4 is 40.9 Å². The second kappa shape index (κ2) is 6.98. The number of urea groups is 1. The first-order valence-electron chi connectivity index (χ1n) is 5.96. The van der Waals surface area contributed by atoms with E-state index < -0.39 is 17.5 Å². The summed E-state index contributed by atoms with van der Waals surface area (Å²) in [6.45, 7) is 3.89. The number of methoxy groups -OCH3 is 1. The quantitative estimate of drug-likeness (QED) is 0.771. The van der Waals surface area contributed by atoms with Gasteiger partial charge in [0.05, 0.1) is 33.4 Å². The molecule has 0 heterocycles. The van der Waals surface area contributed by atoms with Gasteiger partial charge in [-0.15, -0.1) is 0 Å². The Bertz CT molecular complexity index is 538. The number of carboxylic acids is 1. The third kappa shape index (κ3) is 5.08. The molecule has 0 fully saturated rings.